The highest BCUT2D eigenvalue weighted by Crippen LogP contribution is 2.07. The van der Waals surface area contributed by atoms with Crippen molar-refractivity contribution in [2.75, 3.05) is 6.54 Å². The lowest BCUT2D eigenvalue weighted by Gasteiger charge is -2.03. The zero-order valence-corrected chi connectivity index (χ0v) is 10.3. The molecule has 2 heterocycles. The van der Waals surface area contributed by atoms with Gasteiger partial charge in [0.25, 0.3) is 5.91 Å². The number of carboxylic acids is 1. The summed E-state index contributed by atoms with van der Waals surface area (Å²) >= 11 is 0. The number of nitrogens with one attached hydrogen (secondary N) is 1. The van der Waals surface area contributed by atoms with Gasteiger partial charge in [-0.1, -0.05) is 0 Å². The number of carbonyl (C=O) groups is 2. The maximum atomic E-state index is 11.7. The first kappa shape index (κ1) is 12.9. The van der Waals surface area contributed by atoms with Gasteiger partial charge in [-0.25, -0.2) is 4.79 Å². The van der Waals surface area contributed by atoms with Gasteiger partial charge in [-0.2, -0.15) is 5.10 Å². The SMILES string of the molecule is Cn1nccc1CCNC(=O)c1cc(C(=O)O)co1. The molecule has 0 fully saturated rings. The summed E-state index contributed by atoms with van der Waals surface area (Å²) in [5.41, 5.74) is 0.947. The molecule has 2 aromatic heterocycles. The van der Waals surface area contributed by atoms with Crippen molar-refractivity contribution in [2.45, 2.75) is 6.42 Å². The molecule has 0 radical (unpaired) electrons. The molecule has 0 aliphatic rings. The Kier molecular flexibility index (Phi) is 3.65. The summed E-state index contributed by atoms with van der Waals surface area (Å²) < 4.78 is 6.61. The first-order valence-electron chi connectivity index (χ1n) is 5.65. The van der Waals surface area contributed by atoms with Crippen LogP contribution in [0, 0.1) is 0 Å². The predicted octanol–water partition coefficient (Wildman–Crippen LogP) is 0.684. The Labute approximate surface area is 108 Å². The lowest BCUT2D eigenvalue weighted by molar-refractivity contribution is 0.0696. The molecule has 0 aliphatic carbocycles. The number of nitrogens with zero attached hydrogens (tertiary/aromatic N) is 2. The van der Waals surface area contributed by atoms with Crippen molar-refractivity contribution >= 4 is 11.9 Å². The van der Waals surface area contributed by atoms with Crippen molar-refractivity contribution in [2.24, 2.45) is 7.05 Å². The van der Waals surface area contributed by atoms with Gasteiger partial charge in [-0.05, 0) is 6.07 Å². The molecule has 19 heavy (non-hydrogen) atoms. The summed E-state index contributed by atoms with van der Waals surface area (Å²) in [6, 6.07) is 3.06. The molecule has 2 rings (SSSR count). The van der Waals surface area contributed by atoms with Gasteiger partial charge < -0.3 is 14.8 Å². The molecule has 7 heteroatoms. The summed E-state index contributed by atoms with van der Waals surface area (Å²) in [5, 5.41) is 15.4. The van der Waals surface area contributed by atoms with E-state index in [9.17, 15) is 9.59 Å². The zero-order valence-electron chi connectivity index (χ0n) is 10.3. The van der Waals surface area contributed by atoms with Crippen LogP contribution in [0.2, 0.25) is 0 Å². The molecular weight excluding hydrogens is 250 g/mol. The second-order valence-electron chi connectivity index (χ2n) is 3.96. The van der Waals surface area contributed by atoms with E-state index < -0.39 is 11.9 Å². The van der Waals surface area contributed by atoms with Crippen LogP contribution in [0.1, 0.15) is 26.6 Å². The number of aryl methyl sites for hydroxylation is 1. The lowest BCUT2D eigenvalue weighted by atomic mass is 10.3. The third-order valence-electron chi connectivity index (χ3n) is 2.66. The first-order chi connectivity index (χ1) is 9.08. The highest BCUT2D eigenvalue weighted by molar-refractivity contribution is 5.95. The molecular formula is C12H13N3O4. The van der Waals surface area contributed by atoms with Crippen molar-refractivity contribution in [3.63, 3.8) is 0 Å². The molecule has 0 spiro atoms. The molecule has 0 atom stereocenters. The van der Waals surface area contributed by atoms with Crippen molar-refractivity contribution in [3.8, 4) is 0 Å². The molecule has 0 aromatic carbocycles. The second kappa shape index (κ2) is 5.38. The fourth-order valence-electron chi connectivity index (χ4n) is 1.61. The van der Waals surface area contributed by atoms with Crippen LogP contribution in [-0.2, 0) is 13.5 Å². The minimum absolute atomic E-state index is 0.0117. The third-order valence-corrected chi connectivity index (χ3v) is 2.66. The maximum absolute atomic E-state index is 11.7. The van der Waals surface area contributed by atoms with Gasteiger partial charge in [0.05, 0.1) is 5.56 Å². The quantitative estimate of drug-likeness (QED) is 0.826. The highest BCUT2D eigenvalue weighted by Gasteiger charge is 2.14. The number of rotatable bonds is 5. The van der Waals surface area contributed by atoms with Crippen LogP contribution < -0.4 is 5.32 Å². The largest absolute Gasteiger partial charge is 0.478 e. The van der Waals surface area contributed by atoms with Crippen LogP contribution >= 0.6 is 0 Å². The van der Waals surface area contributed by atoms with Gasteiger partial charge in [-0.3, -0.25) is 9.48 Å². The van der Waals surface area contributed by atoms with E-state index in [2.05, 4.69) is 10.4 Å². The average Bonchev–Trinajstić information content (AvgIpc) is 2.98. The van der Waals surface area contributed by atoms with Gasteiger partial charge in [0.1, 0.15) is 6.26 Å². The van der Waals surface area contributed by atoms with E-state index in [0.717, 1.165) is 12.0 Å². The van der Waals surface area contributed by atoms with Gasteiger partial charge >= 0.3 is 5.97 Å². The number of aromatic carboxylic acids is 1. The van der Waals surface area contributed by atoms with E-state index >= 15 is 0 Å². The van der Waals surface area contributed by atoms with Crippen molar-refractivity contribution in [3.05, 3.63) is 41.6 Å². The number of hydrogen-bond donors (Lipinski definition) is 2. The predicted molar refractivity (Wildman–Crippen MR) is 64.9 cm³/mol. The van der Waals surface area contributed by atoms with E-state index in [0.29, 0.717) is 13.0 Å². The molecule has 1 amide bonds. The molecule has 2 aromatic rings. The maximum Gasteiger partial charge on any atom is 0.338 e. The molecule has 100 valence electrons. The van der Waals surface area contributed by atoms with Gasteiger partial charge in [0.15, 0.2) is 5.76 Å². The molecule has 0 saturated carbocycles. The number of carbonyl (C=O) groups excluding carboxylic acids is 1. The topological polar surface area (TPSA) is 97.4 Å². The zero-order chi connectivity index (χ0) is 13.8. The Morgan fingerprint density at radius 2 is 2.32 bits per heavy atom. The highest BCUT2D eigenvalue weighted by atomic mass is 16.4. The minimum Gasteiger partial charge on any atom is -0.478 e. The van der Waals surface area contributed by atoms with E-state index in [4.69, 9.17) is 9.52 Å². The summed E-state index contributed by atoms with van der Waals surface area (Å²) in [5.74, 6) is -1.57. The Hall–Kier alpha value is -2.57. The van der Waals surface area contributed by atoms with Crippen molar-refractivity contribution in [1.82, 2.24) is 15.1 Å². The van der Waals surface area contributed by atoms with Crippen LogP contribution in [-0.4, -0.2) is 33.3 Å². The lowest BCUT2D eigenvalue weighted by Crippen LogP contribution is -2.25. The van der Waals surface area contributed by atoms with Crippen LogP contribution in [0.25, 0.3) is 0 Å². The van der Waals surface area contributed by atoms with E-state index in [1.807, 2.05) is 13.1 Å². The molecule has 0 aliphatic heterocycles. The summed E-state index contributed by atoms with van der Waals surface area (Å²) in [7, 11) is 1.82. The van der Waals surface area contributed by atoms with E-state index in [-0.39, 0.29) is 11.3 Å². The number of furan rings is 1. The molecule has 0 unspecified atom stereocenters. The summed E-state index contributed by atoms with van der Waals surface area (Å²) in [4.78, 5) is 22.3. The fraction of sp³-hybridized carbons (Fsp3) is 0.250. The Balaban J connectivity index is 1.87. The Morgan fingerprint density at radius 1 is 1.53 bits per heavy atom. The number of aromatic nitrogens is 2. The molecule has 0 bridgehead atoms. The Morgan fingerprint density at radius 3 is 2.89 bits per heavy atom. The smallest absolute Gasteiger partial charge is 0.338 e. The summed E-state index contributed by atoms with van der Waals surface area (Å²) in [6.07, 6.45) is 3.36. The molecule has 0 saturated heterocycles. The monoisotopic (exact) mass is 263 g/mol. The Bertz CT molecular complexity index is 600. The van der Waals surface area contributed by atoms with E-state index in [1.54, 1.807) is 10.9 Å². The van der Waals surface area contributed by atoms with Crippen LogP contribution in [0.3, 0.4) is 0 Å². The number of amides is 1. The normalized spacial score (nSPS) is 10.4. The summed E-state index contributed by atoms with van der Waals surface area (Å²) in [6.45, 7) is 0.418. The first-order valence-corrected chi connectivity index (χ1v) is 5.65. The molecule has 7 nitrogen and oxygen atoms in total. The minimum atomic E-state index is -1.13. The van der Waals surface area contributed by atoms with Gasteiger partial charge in [0.2, 0.25) is 0 Å². The second-order valence-corrected chi connectivity index (χ2v) is 3.96. The van der Waals surface area contributed by atoms with Crippen LogP contribution in [0.5, 0.6) is 0 Å². The van der Waals surface area contributed by atoms with Crippen molar-refractivity contribution < 1.29 is 19.1 Å². The van der Waals surface area contributed by atoms with Gasteiger partial charge in [-0.15, -0.1) is 0 Å². The molecule has 2 N–H and O–H groups in total. The number of carboxylic acid groups (broad SMARTS) is 1. The standard InChI is InChI=1S/C12H13N3O4/c1-15-9(3-5-14-15)2-4-13-11(16)10-6-8(7-19-10)12(17)18/h3,5-7H,2,4H2,1H3,(H,13,16)(H,17,18). The van der Waals surface area contributed by atoms with Crippen LogP contribution in [0.15, 0.2) is 29.0 Å². The average molecular weight is 263 g/mol. The van der Waals surface area contributed by atoms with Crippen molar-refractivity contribution in [1.29, 1.82) is 0 Å². The van der Waals surface area contributed by atoms with Crippen LogP contribution in [0.4, 0.5) is 0 Å². The van der Waals surface area contributed by atoms with E-state index in [1.165, 1.54) is 6.07 Å². The van der Waals surface area contributed by atoms with Gasteiger partial charge in [0, 0.05) is 38.0 Å². The fourth-order valence-corrected chi connectivity index (χ4v) is 1.61. The number of hydrogen-bond acceptors (Lipinski definition) is 4. The third kappa shape index (κ3) is 3.01.